The van der Waals surface area contributed by atoms with Crippen molar-refractivity contribution in [2.45, 2.75) is 142 Å². The zero-order valence-corrected chi connectivity index (χ0v) is 25.1. The predicted octanol–water partition coefficient (Wildman–Crippen LogP) is 11.7. The molecule has 0 saturated heterocycles. The Balaban J connectivity index is 0.00000170. The lowest BCUT2D eigenvalue weighted by Gasteiger charge is -2.11. The van der Waals surface area contributed by atoms with E-state index < -0.39 is 8.80 Å². The van der Waals surface area contributed by atoms with E-state index in [9.17, 15) is 0 Å². The van der Waals surface area contributed by atoms with Crippen LogP contribution in [-0.2, 0) is 6.42 Å². The first-order valence-corrected chi connectivity index (χ1v) is 17.7. The lowest BCUT2D eigenvalue weighted by atomic mass is 10.1. The maximum Gasteiger partial charge on any atom is 0.0443 e. The van der Waals surface area contributed by atoms with Crippen LogP contribution in [0.15, 0.2) is 67.3 Å². The van der Waals surface area contributed by atoms with Crippen LogP contribution < -0.4 is 0 Å². The van der Waals surface area contributed by atoms with Crippen molar-refractivity contribution < 1.29 is 0 Å². The molecular weight excluding hydrogens is 436 g/mol. The highest BCUT2D eigenvalue weighted by molar-refractivity contribution is 6.59. The van der Waals surface area contributed by atoms with Gasteiger partial charge in [-0.3, -0.25) is 0 Å². The topological polar surface area (TPSA) is 0 Å². The molecule has 0 amide bonds. The van der Waals surface area contributed by atoms with E-state index in [-0.39, 0.29) is 0 Å². The molecule has 0 aromatic heterocycles. The van der Waals surface area contributed by atoms with E-state index in [1.165, 1.54) is 126 Å². The number of hydrogen-bond acceptors (Lipinski definition) is 0. The second-order valence-corrected chi connectivity index (χ2v) is 13.4. The van der Waals surface area contributed by atoms with Crippen molar-refractivity contribution in [3.05, 3.63) is 72.9 Å². The number of rotatable bonds is 22. The van der Waals surface area contributed by atoms with Crippen molar-refractivity contribution in [2.75, 3.05) is 0 Å². The minimum Gasteiger partial charge on any atom is -0.103 e. The summed E-state index contributed by atoms with van der Waals surface area (Å²) in [6.07, 6.45) is 33.4. The standard InChI is InChI=1S/C28H48Si.C6H12/c1-3-5-7-9-12-19-25-29(26-20-13-10-8-6-4-2)27-21-14-11-16-22-28-23-17-15-18-24-28;1-3-5-6-4-2/h12-13,15,17-20,23-24,29H,3-11,14,16,21-22,25-27H2,1-2H3;3H,1,4-6H2,2H3. The highest BCUT2D eigenvalue weighted by atomic mass is 28.3. The van der Waals surface area contributed by atoms with Crippen LogP contribution in [0.25, 0.3) is 0 Å². The fourth-order valence-corrected chi connectivity index (χ4v) is 6.96. The van der Waals surface area contributed by atoms with Crippen molar-refractivity contribution in [2.24, 2.45) is 0 Å². The minimum absolute atomic E-state index is 0.636. The van der Waals surface area contributed by atoms with Gasteiger partial charge in [-0.05, 0) is 62.6 Å². The minimum atomic E-state index is -0.636. The molecule has 0 bridgehead atoms. The summed E-state index contributed by atoms with van der Waals surface area (Å²) in [5.41, 5.74) is 1.50. The van der Waals surface area contributed by atoms with Crippen molar-refractivity contribution >= 4 is 8.80 Å². The zero-order chi connectivity index (χ0) is 25.7. The molecule has 200 valence electrons. The maximum atomic E-state index is 3.60. The maximum absolute atomic E-state index is 3.60. The van der Waals surface area contributed by atoms with Crippen LogP contribution in [0, 0.1) is 0 Å². The molecule has 1 aromatic rings. The van der Waals surface area contributed by atoms with Gasteiger partial charge in [0.15, 0.2) is 0 Å². The van der Waals surface area contributed by atoms with Gasteiger partial charge in [0.2, 0.25) is 0 Å². The third-order valence-electron chi connectivity index (χ3n) is 6.65. The summed E-state index contributed by atoms with van der Waals surface area (Å²) in [7, 11) is -0.636. The molecule has 0 N–H and O–H groups in total. The number of allylic oxidation sites excluding steroid dienone is 5. The number of benzene rings is 1. The monoisotopic (exact) mass is 496 g/mol. The quantitative estimate of drug-likeness (QED) is 0.0850. The van der Waals surface area contributed by atoms with Crippen molar-refractivity contribution in [3.63, 3.8) is 0 Å². The molecule has 1 aromatic carbocycles. The smallest absolute Gasteiger partial charge is 0.0443 e. The van der Waals surface area contributed by atoms with Crippen molar-refractivity contribution in [1.82, 2.24) is 0 Å². The normalized spacial score (nSPS) is 12.1. The molecular formula is C34H60Si. The van der Waals surface area contributed by atoms with Gasteiger partial charge >= 0.3 is 0 Å². The molecule has 0 radical (unpaired) electrons. The molecule has 0 fully saturated rings. The van der Waals surface area contributed by atoms with E-state index in [0.717, 1.165) is 0 Å². The van der Waals surface area contributed by atoms with E-state index in [1.807, 2.05) is 6.08 Å². The van der Waals surface area contributed by atoms with E-state index in [1.54, 1.807) is 0 Å². The molecule has 0 heterocycles. The molecule has 0 nitrogen and oxygen atoms in total. The number of aryl methyl sites for hydroxylation is 1. The van der Waals surface area contributed by atoms with Crippen LogP contribution >= 0.6 is 0 Å². The third-order valence-corrected chi connectivity index (χ3v) is 9.76. The zero-order valence-electron chi connectivity index (χ0n) is 24.0. The Morgan fingerprint density at radius 2 is 1.17 bits per heavy atom. The third kappa shape index (κ3) is 25.6. The Labute approximate surface area is 223 Å². The van der Waals surface area contributed by atoms with Crippen LogP contribution in [-0.4, -0.2) is 8.80 Å². The highest BCUT2D eigenvalue weighted by Gasteiger charge is 2.07. The average molecular weight is 497 g/mol. The summed E-state index contributed by atoms with van der Waals surface area (Å²) in [5, 5.41) is 0. The molecule has 0 aliphatic heterocycles. The van der Waals surface area contributed by atoms with E-state index in [4.69, 9.17) is 0 Å². The molecule has 0 atom stereocenters. The molecule has 0 saturated carbocycles. The van der Waals surface area contributed by atoms with E-state index in [2.05, 4.69) is 82.0 Å². The SMILES string of the molecule is C=CCCCC.CCCCCC=CC[SiH](CC=CCCCCC)CCCCCCc1ccccc1. The fourth-order valence-electron chi connectivity index (χ4n) is 4.28. The first-order chi connectivity index (χ1) is 17.3. The molecule has 0 aliphatic rings. The molecule has 35 heavy (non-hydrogen) atoms. The largest absolute Gasteiger partial charge is 0.103 e. The van der Waals surface area contributed by atoms with Gasteiger partial charge in [0, 0.05) is 8.80 Å². The Morgan fingerprint density at radius 1 is 0.600 bits per heavy atom. The summed E-state index contributed by atoms with van der Waals surface area (Å²) in [5.74, 6) is 0. The van der Waals surface area contributed by atoms with Gasteiger partial charge in [-0.15, -0.1) is 6.58 Å². The first kappa shape index (κ1) is 33.7. The summed E-state index contributed by atoms with van der Waals surface area (Å²) in [4.78, 5) is 0. The molecule has 0 spiro atoms. The van der Waals surface area contributed by atoms with E-state index >= 15 is 0 Å². The summed E-state index contributed by atoms with van der Waals surface area (Å²) in [6.45, 7) is 10.4. The molecule has 1 rings (SSSR count). The second-order valence-electron chi connectivity index (χ2n) is 10.1. The van der Waals surface area contributed by atoms with Gasteiger partial charge in [-0.1, -0.05) is 145 Å². The first-order valence-electron chi connectivity index (χ1n) is 15.2. The van der Waals surface area contributed by atoms with Gasteiger partial charge in [0.1, 0.15) is 0 Å². The Hall–Kier alpha value is -1.34. The molecule has 1 heteroatoms. The van der Waals surface area contributed by atoms with Gasteiger partial charge in [0.25, 0.3) is 0 Å². The van der Waals surface area contributed by atoms with Crippen LogP contribution in [0.2, 0.25) is 18.1 Å². The number of unbranched alkanes of at least 4 members (excludes halogenated alkanes) is 11. The average Bonchev–Trinajstić information content (AvgIpc) is 2.89. The van der Waals surface area contributed by atoms with Crippen LogP contribution in [0.1, 0.15) is 123 Å². The Morgan fingerprint density at radius 3 is 1.69 bits per heavy atom. The lowest BCUT2D eigenvalue weighted by molar-refractivity contribution is 0.664. The lowest BCUT2D eigenvalue weighted by Crippen LogP contribution is -2.09. The molecule has 0 unspecified atom stereocenters. The summed E-state index contributed by atoms with van der Waals surface area (Å²) in [6, 6.07) is 15.3. The van der Waals surface area contributed by atoms with Crippen LogP contribution in [0.4, 0.5) is 0 Å². The number of hydrogen-bond donors (Lipinski definition) is 0. The summed E-state index contributed by atoms with van der Waals surface area (Å²) < 4.78 is 0. The molecule has 0 aliphatic carbocycles. The Bertz CT molecular complexity index is 564. The van der Waals surface area contributed by atoms with Crippen molar-refractivity contribution in [1.29, 1.82) is 0 Å². The van der Waals surface area contributed by atoms with Gasteiger partial charge in [-0.25, -0.2) is 0 Å². The van der Waals surface area contributed by atoms with Crippen molar-refractivity contribution in [3.8, 4) is 0 Å². The predicted molar refractivity (Wildman–Crippen MR) is 166 cm³/mol. The van der Waals surface area contributed by atoms with Crippen LogP contribution in [0.3, 0.4) is 0 Å². The highest BCUT2D eigenvalue weighted by Crippen LogP contribution is 2.16. The van der Waals surface area contributed by atoms with Crippen LogP contribution in [0.5, 0.6) is 0 Å². The van der Waals surface area contributed by atoms with Gasteiger partial charge < -0.3 is 0 Å². The van der Waals surface area contributed by atoms with E-state index in [0.29, 0.717) is 0 Å². The summed E-state index contributed by atoms with van der Waals surface area (Å²) >= 11 is 0. The Kier molecular flexibility index (Phi) is 27.8. The second kappa shape index (κ2) is 28.9. The van der Waals surface area contributed by atoms with Gasteiger partial charge in [-0.2, -0.15) is 0 Å². The fraction of sp³-hybridized carbons (Fsp3) is 0.647. The van der Waals surface area contributed by atoms with Gasteiger partial charge in [0.05, 0.1) is 0 Å².